The van der Waals surface area contributed by atoms with Gasteiger partial charge in [0.2, 0.25) is 0 Å². The average molecular weight is 408 g/mol. The number of phenolic OH excluding ortho intramolecular Hbond substituents is 1. The molecular weight excluding hydrogens is 385 g/mol. The van der Waals surface area contributed by atoms with E-state index >= 15 is 0 Å². The molecule has 0 saturated heterocycles. The molecule has 0 bridgehead atoms. The highest BCUT2D eigenvalue weighted by molar-refractivity contribution is 6.31. The summed E-state index contributed by atoms with van der Waals surface area (Å²) < 4.78 is 19.2. The molecule has 0 saturated carbocycles. The molecule has 1 aromatic carbocycles. The van der Waals surface area contributed by atoms with E-state index in [1.165, 1.54) is 6.07 Å². The molecule has 3 rings (SSSR count). The molecule has 8 heteroatoms. The van der Waals surface area contributed by atoms with Crippen LogP contribution in [-0.2, 0) is 4.74 Å². The summed E-state index contributed by atoms with van der Waals surface area (Å²) in [5, 5.41) is 15.9. The Kier molecular flexibility index (Phi) is 5.56. The van der Waals surface area contributed by atoms with Gasteiger partial charge in [-0.1, -0.05) is 17.7 Å². The molecule has 0 fully saturated rings. The number of carbonyl (C=O) groups excluding carboxylic acids is 1. The molecule has 1 atom stereocenters. The van der Waals surface area contributed by atoms with Crippen molar-refractivity contribution in [3.05, 3.63) is 58.8 Å². The van der Waals surface area contributed by atoms with Crippen molar-refractivity contribution < 1.29 is 19.0 Å². The summed E-state index contributed by atoms with van der Waals surface area (Å²) in [5.41, 5.74) is 1.40. The van der Waals surface area contributed by atoms with Gasteiger partial charge in [-0.25, -0.2) is 9.18 Å². The van der Waals surface area contributed by atoms with Gasteiger partial charge < -0.3 is 25.4 Å². The topological polar surface area (TPSA) is 73.8 Å². The average Bonchev–Trinajstić information content (AvgIpc) is 3.01. The number of aromatic hydroxyl groups is 1. The number of nitrogens with one attached hydrogen (secondary N) is 2. The maximum atomic E-state index is 13.9. The van der Waals surface area contributed by atoms with Crippen LogP contribution >= 0.6 is 11.6 Å². The van der Waals surface area contributed by atoms with Gasteiger partial charge in [0.15, 0.2) is 11.6 Å². The highest BCUT2D eigenvalue weighted by Crippen LogP contribution is 2.35. The quantitative estimate of drug-likeness (QED) is 0.701. The number of nitrogens with zero attached hydrogens (tertiary/aromatic N) is 1. The van der Waals surface area contributed by atoms with Crippen LogP contribution in [0.3, 0.4) is 0 Å². The first-order valence-corrected chi connectivity index (χ1v) is 9.31. The van der Waals surface area contributed by atoms with Crippen LogP contribution in [0.25, 0.3) is 5.57 Å². The van der Waals surface area contributed by atoms with Crippen LogP contribution in [0.5, 0.6) is 5.75 Å². The molecule has 1 unspecified atom stereocenters. The zero-order valence-electron chi connectivity index (χ0n) is 15.9. The Balaban J connectivity index is 1.67. The van der Waals surface area contributed by atoms with Crippen molar-refractivity contribution in [3.63, 3.8) is 0 Å². The van der Waals surface area contributed by atoms with Crippen LogP contribution in [0.4, 0.5) is 9.18 Å². The van der Waals surface area contributed by atoms with Crippen LogP contribution in [0.15, 0.2) is 42.4 Å². The van der Waals surface area contributed by atoms with E-state index in [1.807, 2.05) is 50.2 Å². The largest absolute Gasteiger partial charge is 0.504 e. The molecule has 0 aliphatic carbocycles. The Hall–Kier alpha value is -2.67. The second kappa shape index (κ2) is 7.75. The van der Waals surface area contributed by atoms with E-state index in [1.54, 1.807) is 6.07 Å². The maximum absolute atomic E-state index is 13.9. The molecule has 2 heterocycles. The number of alkyl carbamates (subject to hydrolysis) is 1. The molecule has 28 heavy (non-hydrogen) atoms. The van der Waals surface area contributed by atoms with Crippen molar-refractivity contribution in [2.75, 3.05) is 6.54 Å². The third-order valence-electron chi connectivity index (χ3n) is 4.22. The van der Waals surface area contributed by atoms with Gasteiger partial charge in [0.1, 0.15) is 11.8 Å². The first-order chi connectivity index (χ1) is 13.2. The highest BCUT2D eigenvalue weighted by Gasteiger charge is 2.26. The van der Waals surface area contributed by atoms with Crippen molar-refractivity contribution in [2.24, 2.45) is 0 Å². The smallest absolute Gasteiger partial charge is 0.407 e. The fourth-order valence-corrected chi connectivity index (χ4v) is 3.11. The minimum Gasteiger partial charge on any atom is -0.504 e. The molecule has 150 valence electrons. The lowest BCUT2D eigenvalue weighted by Crippen LogP contribution is -2.35. The predicted molar refractivity (Wildman–Crippen MR) is 106 cm³/mol. The third-order valence-corrected chi connectivity index (χ3v) is 4.51. The lowest BCUT2D eigenvalue weighted by molar-refractivity contribution is 0.0528. The summed E-state index contributed by atoms with van der Waals surface area (Å²) in [5.74, 6) is -1.32. The number of allylic oxidation sites excluding steroid dienone is 2. The SMILES string of the molecule is CC(C)(C)OC(=O)NCCC1=CNC2C=CC(c3ccc(Cl)c(F)c3O)=CN12. The number of hydrogen-bond acceptors (Lipinski definition) is 5. The Morgan fingerprint density at radius 3 is 2.89 bits per heavy atom. The second-order valence-electron chi connectivity index (χ2n) is 7.53. The molecule has 0 spiro atoms. The summed E-state index contributed by atoms with van der Waals surface area (Å²) in [6, 6.07) is 2.99. The van der Waals surface area contributed by atoms with Crippen molar-refractivity contribution in [1.82, 2.24) is 15.5 Å². The number of amides is 1. The van der Waals surface area contributed by atoms with Crippen molar-refractivity contribution in [2.45, 2.75) is 39.0 Å². The summed E-state index contributed by atoms with van der Waals surface area (Å²) in [7, 11) is 0. The first-order valence-electron chi connectivity index (χ1n) is 8.93. The predicted octanol–water partition coefficient (Wildman–Crippen LogP) is 4.08. The van der Waals surface area contributed by atoms with Crippen LogP contribution in [-0.4, -0.2) is 34.4 Å². The normalized spacial score (nSPS) is 18.2. The molecule has 6 nitrogen and oxygen atoms in total. The Bertz CT molecular complexity index is 874. The van der Waals surface area contributed by atoms with E-state index in [4.69, 9.17) is 16.3 Å². The van der Waals surface area contributed by atoms with Crippen molar-refractivity contribution in [1.29, 1.82) is 0 Å². The van der Waals surface area contributed by atoms with Gasteiger partial charge >= 0.3 is 6.09 Å². The fraction of sp³-hybridized carbons (Fsp3) is 0.350. The Morgan fingerprint density at radius 2 is 2.18 bits per heavy atom. The third kappa shape index (κ3) is 4.42. The van der Waals surface area contributed by atoms with Gasteiger partial charge in [-0.05, 0) is 39.0 Å². The van der Waals surface area contributed by atoms with Gasteiger partial charge in [0.25, 0.3) is 0 Å². The highest BCUT2D eigenvalue weighted by atomic mass is 35.5. The number of halogens is 2. The van der Waals surface area contributed by atoms with Crippen molar-refractivity contribution >= 4 is 23.3 Å². The molecular formula is C20H23ClFN3O3. The van der Waals surface area contributed by atoms with Gasteiger partial charge in [-0.15, -0.1) is 0 Å². The Labute approximate surface area is 168 Å². The fourth-order valence-electron chi connectivity index (χ4n) is 2.95. The summed E-state index contributed by atoms with van der Waals surface area (Å²) in [6.07, 6.45) is 7.45. The zero-order valence-corrected chi connectivity index (χ0v) is 16.7. The second-order valence-corrected chi connectivity index (χ2v) is 7.94. The lowest BCUT2D eigenvalue weighted by Gasteiger charge is -2.28. The standard InChI is InChI=1S/C20H23ClFN3O3/c1-20(2,3)28-19(27)23-9-8-13-10-24-16-7-4-12(11-25(13)16)14-5-6-15(21)17(22)18(14)26/h4-7,10-11,16,24,26H,8-9H2,1-3H3,(H,23,27). The van der Waals surface area contributed by atoms with Crippen LogP contribution in [0.2, 0.25) is 5.02 Å². The van der Waals surface area contributed by atoms with E-state index in [0.29, 0.717) is 24.1 Å². The zero-order chi connectivity index (χ0) is 20.5. The minimum atomic E-state index is -0.840. The summed E-state index contributed by atoms with van der Waals surface area (Å²) in [6.45, 7) is 5.82. The minimum absolute atomic E-state index is 0.0698. The first kappa shape index (κ1) is 20.1. The number of ether oxygens (including phenoxy) is 1. The summed E-state index contributed by atoms with van der Waals surface area (Å²) in [4.78, 5) is 13.7. The van der Waals surface area contributed by atoms with Crippen LogP contribution in [0.1, 0.15) is 32.8 Å². The summed E-state index contributed by atoms with van der Waals surface area (Å²) >= 11 is 5.71. The molecule has 0 aromatic heterocycles. The van der Waals surface area contributed by atoms with Gasteiger partial charge in [0.05, 0.1) is 5.02 Å². The molecule has 1 aromatic rings. The van der Waals surface area contributed by atoms with Crippen LogP contribution in [0, 0.1) is 5.82 Å². The number of carbonyl (C=O) groups is 1. The van der Waals surface area contributed by atoms with Crippen molar-refractivity contribution in [3.8, 4) is 5.75 Å². The number of benzene rings is 1. The maximum Gasteiger partial charge on any atom is 0.407 e. The van der Waals surface area contributed by atoms with E-state index in [9.17, 15) is 14.3 Å². The number of fused-ring (bicyclic) bond motifs is 1. The molecule has 2 aliphatic rings. The van der Waals surface area contributed by atoms with Gasteiger partial charge in [-0.2, -0.15) is 0 Å². The Morgan fingerprint density at radius 1 is 1.43 bits per heavy atom. The number of phenols is 1. The van der Waals surface area contributed by atoms with Gasteiger partial charge in [-0.3, -0.25) is 0 Å². The van der Waals surface area contributed by atoms with E-state index in [2.05, 4.69) is 10.6 Å². The van der Waals surface area contributed by atoms with E-state index in [-0.39, 0.29) is 11.2 Å². The number of hydrogen-bond donors (Lipinski definition) is 3. The molecule has 2 aliphatic heterocycles. The van der Waals surface area contributed by atoms with E-state index < -0.39 is 23.3 Å². The monoisotopic (exact) mass is 407 g/mol. The molecule has 3 N–H and O–H groups in total. The molecule has 0 radical (unpaired) electrons. The van der Waals surface area contributed by atoms with Crippen LogP contribution < -0.4 is 10.6 Å². The lowest BCUT2D eigenvalue weighted by atomic mass is 10.0. The molecule has 1 amide bonds. The van der Waals surface area contributed by atoms with E-state index in [0.717, 1.165) is 5.70 Å². The number of rotatable bonds is 4. The van der Waals surface area contributed by atoms with Gasteiger partial charge in [0, 0.05) is 42.2 Å².